The summed E-state index contributed by atoms with van der Waals surface area (Å²) in [4.78, 5) is 55.9. The van der Waals surface area contributed by atoms with E-state index in [0.717, 1.165) is 4.57 Å². The van der Waals surface area contributed by atoms with Crippen LogP contribution in [0.4, 0.5) is 5.69 Å². The molecule has 0 spiro atoms. The van der Waals surface area contributed by atoms with Gasteiger partial charge in [-0.25, -0.2) is 9.78 Å². The quantitative estimate of drug-likeness (QED) is 0.338. The van der Waals surface area contributed by atoms with Crippen molar-refractivity contribution in [1.82, 2.24) is 18.5 Å². The Morgan fingerprint density at radius 1 is 1.05 bits per heavy atom. The number of anilines is 1. The van der Waals surface area contributed by atoms with Gasteiger partial charge in [-0.3, -0.25) is 27.9 Å². The van der Waals surface area contributed by atoms with Gasteiger partial charge in [0.1, 0.15) is 16.1 Å². The summed E-state index contributed by atoms with van der Waals surface area (Å²) in [6, 6.07) is 15.3. The maximum atomic E-state index is 13.4. The van der Waals surface area contributed by atoms with Crippen molar-refractivity contribution in [3.05, 3.63) is 103 Å². The van der Waals surface area contributed by atoms with Crippen LogP contribution in [0.25, 0.3) is 15.9 Å². The number of pyridine rings is 1. The summed E-state index contributed by atoms with van der Waals surface area (Å²) in [6.07, 6.45) is 2.05. The number of benzene rings is 1. The van der Waals surface area contributed by atoms with Gasteiger partial charge in [0.15, 0.2) is 0 Å². The highest BCUT2D eigenvalue weighted by Gasteiger charge is 2.16. The third-order valence-corrected chi connectivity index (χ3v) is 6.83. The number of ether oxygens (including phenoxy) is 1. The Bertz CT molecular complexity index is 1780. The molecular formula is C26H23N5O5S. The number of fused-ring (bicyclic) bond motifs is 2. The van der Waals surface area contributed by atoms with E-state index in [0.29, 0.717) is 39.4 Å². The number of carbonyl (C=O) groups excluding carboxylic acids is 1. The molecule has 0 radical (unpaired) electrons. The number of hydrogen-bond donors (Lipinski definition) is 1. The van der Waals surface area contributed by atoms with E-state index in [9.17, 15) is 19.2 Å². The van der Waals surface area contributed by atoms with E-state index in [1.54, 1.807) is 67.2 Å². The van der Waals surface area contributed by atoms with Gasteiger partial charge in [0.05, 0.1) is 24.9 Å². The van der Waals surface area contributed by atoms with E-state index in [4.69, 9.17) is 4.74 Å². The van der Waals surface area contributed by atoms with E-state index in [1.165, 1.54) is 26.4 Å². The summed E-state index contributed by atoms with van der Waals surface area (Å²) in [7, 11) is 1.56. The fourth-order valence-corrected chi connectivity index (χ4v) is 4.97. The Hall–Kier alpha value is -4.51. The van der Waals surface area contributed by atoms with E-state index in [1.807, 2.05) is 0 Å². The molecule has 4 aromatic heterocycles. The molecule has 0 aliphatic carbocycles. The number of nitrogens with one attached hydrogen (secondary N) is 1. The average molecular weight is 518 g/mol. The van der Waals surface area contributed by atoms with Crippen molar-refractivity contribution in [3.8, 4) is 5.75 Å². The largest absolute Gasteiger partial charge is 0.497 e. The van der Waals surface area contributed by atoms with Crippen molar-refractivity contribution in [2.75, 3.05) is 12.4 Å². The number of carbonyl (C=O) groups is 1. The van der Waals surface area contributed by atoms with Gasteiger partial charge >= 0.3 is 5.69 Å². The van der Waals surface area contributed by atoms with Crippen molar-refractivity contribution in [2.24, 2.45) is 0 Å². The predicted molar refractivity (Wildman–Crippen MR) is 142 cm³/mol. The van der Waals surface area contributed by atoms with Gasteiger partial charge in [-0.1, -0.05) is 6.07 Å². The minimum atomic E-state index is -0.512. The molecule has 5 aromatic rings. The fraction of sp³-hybridized carbons (Fsp3) is 0.192. The maximum absolute atomic E-state index is 13.4. The number of rotatable bonds is 8. The van der Waals surface area contributed by atoms with Gasteiger partial charge < -0.3 is 10.1 Å². The zero-order chi connectivity index (χ0) is 25.9. The normalized spacial score (nSPS) is 11.2. The Morgan fingerprint density at radius 3 is 2.65 bits per heavy atom. The molecule has 0 bridgehead atoms. The highest BCUT2D eigenvalue weighted by atomic mass is 32.1. The lowest BCUT2D eigenvalue weighted by atomic mass is 10.2. The highest BCUT2D eigenvalue weighted by Crippen LogP contribution is 2.17. The molecule has 0 saturated heterocycles. The van der Waals surface area contributed by atoms with Crippen LogP contribution >= 0.6 is 11.3 Å². The molecule has 0 aliphatic rings. The van der Waals surface area contributed by atoms with Gasteiger partial charge in [-0.2, -0.15) is 0 Å². The third-order valence-electron chi connectivity index (χ3n) is 5.94. The standard InChI is InChI=1S/C26H23N5O5S/c1-36-19-9-7-17(8-10-19)28-22(32)6-4-13-30-25(34)24-20(11-14-37-24)31(26(30)35)16-18-15-23(33)29-12-3-2-5-21(29)27-18/h2-3,5,7-12,14-15H,4,6,13,16H2,1H3,(H,28,32). The average Bonchev–Trinajstić information content (AvgIpc) is 3.39. The monoisotopic (exact) mass is 517 g/mol. The Morgan fingerprint density at radius 2 is 1.86 bits per heavy atom. The maximum Gasteiger partial charge on any atom is 0.331 e. The van der Waals surface area contributed by atoms with E-state index >= 15 is 0 Å². The first-order chi connectivity index (χ1) is 17.9. The van der Waals surface area contributed by atoms with E-state index in [2.05, 4.69) is 10.3 Å². The highest BCUT2D eigenvalue weighted by molar-refractivity contribution is 7.17. The molecule has 1 aromatic carbocycles. The van der Waals surface area contributed by atoms with Crippen LogP contribution in [0.1, 0.15) is 18.5 Å². The lowest BCUT2D eigenvalue weighted by Gasteiger charge is -2.12. The second kappa shape index (κ2) is 10.2. The van der Waals surface area contributed by atoms with Crippen LogP contribution < -0.4 is 26.9 Å². The molecule has 188 valence electrons. The molecule has 0 atom stereocenters. The van der Waals surface area contributed by atoms with Crippen LogP contribution in [-0.2, 0) is 17.9 Å². The predicted octanol–water partition coefficient (Wildman–Crippen LogP) is 2.71. The summed E-state index contributed by atoms with van der Waals surface area (Å²) in [5, 5.41) is 4.54. The van der Waals surface area contributed by atoms with Gasteiger partial charge in [-0.15, -0.1) is 11.3 Å². The summed E-state index contributed by atoms with van der Waals surface area (Å²) < 4.78 is 9.56. The van der Waals surface area contributed by atoms with Gasteiger partial charge in [0.2, 0.25) is 5.91 Å². The zero-order valence-corrected chi connectivity index (χ0v) is 20.7. The molecule has 10 nitrogen and oxygen atoms in total. The van der Waals surface area contributed by atoms with Crippen LogP contribution in [0.2, 0.25) is 0 Å². The fourth-order valence-electron chi connectivity index (χ4n) is 4.12. The molecule has 1 N–H and O–H groups in total. The van der Waals surface area contributed by atoms with Crippen LogP contribution in [0, 0.1) is 0 Å². The first-order valence-electron chi connectivity index (χ1n) is 11.6. The second-order valence-corrected chi connectivity index (χ2v) is 9.27. The molecule has 37 heavy (non-hydrogen) atoms. The molecule has 4 heterocycles. The molecule has 0 fully saturated rings. The molecule has 5 rings (SSSR count). The van der Waals surface area contributed by atoms with Crippen molar-refractivity contribution in [2.45, 2.75) is 25.9 Å². The number of methoxy groups -OCH3 is 1. The van der Waals surface area contributed by atoms with Crippen molar-refractivity contribution in [3.63, 3.8) is 0 Å². The number of amides is 1. The van der Waals surface area contributed by atoms with Crippen molar-refractivity contribution < 1.29 is 9.53 Å². The van der Waals surface area contributed by atoms with Crippen LogP contribution in [0.5, 0.6) is 5.75 Å². The Kier molecular flexibility index (Phi) is 6.69. The molecule has 0 aliphatic heterocycles. The van der Waals surface area contributed by atoms with E-state index < -0.39 is 11.2 Å². The Labute approximate surface area is 214 Å². The second-order valence-electron chi connectivity index (χ2n) is 8.36. The summed E-state index contributed by atoms with van der Waals surface area (Å²) in [6.45, 7) is 0.111. The molecule has 0 unspecified atom stereocenters. The van der Waals surface area contributed by atoms with Crippen molar-refractivity contribution >= 4 is 38.8 Å². The van der Waals surface area contributed by atoms with Gasteiger partial charge in [0, 0.05) is 30.9 Å². The molecular weight excluding hydrogens is 494 g/mol. The summed E-state index contributed by atoms with van der Waals surface area (Å²) in [5.74, 6) is 0.457. The summed E-state index contributed by atoms with van der Waals surface area (Å²) in [5.41, 5.74) is 0.833. The minimum absolute atomic E-state index is 0.0327. The zero-order valence-electron chi connectivity index (χ0n) is 19.9. The minimum Gasteiger partial charge on any atom is -0.497 e. The topological polar surface area (TPSA) is 117 Å². The van der Waals surface area contributed by atoms with Crippen LogP contribution in [0.3, 0.4) is 0 Å². The SMILES string of the molecule is COc1ccc(NC(=O)CCCn2c(=O)c3sccc3n(Cc3cc(=O)n4ccccc4n3)c2=O)cc1. The molecule has 11 heteroatoms. The van der Waals surface area contributed by atoms with Crippen LogP contribution in [0.15, 0.2) is 80.6 Å². The first kappa shape index (κ1) is 24.2. The van der Waals surface area contributed by atoms with E-state index in [-0.39, 0.29) is 31.0 Å². The summed E-state index contributed by atoms with van der Waals surface area (Å²) >= 11 is 1.24. The van der Waals surface area contributed by atoms with Gasteiger partial charge in [0.25, 0.3) is 11.1 Å². The molecule has 0 saturated carbocycles. The lowest BCUT2D eigenvalue weighted by Crippen LogP contribution is -2.40. The third kappa shape index (κ3) is 4.94. The number of thiophene rings is 1. The van der Waals surface area contributed by atoms with Crippen LogP contribution in [-0.4, -0.2) is 31.5 Å². The lowest BCUT2D eigenvalue weighted by molar-refractivity contribution is -0.116. The smallest absolute Gasteiger partial charge is 0.331 e. The first-order valence-corrected chi connectivity index (χ1v) is 12.4. The Balaban J connectivity index is 1.38. The molecule has 1 amide bonds. The number of nitrogens with zero attached hydrogens (tertiary/aromatic N) is 4. The number of hydrogen-bond acceptors (Lipinski definition) is 7. The van der Waals surface area contributed by atoms with Crippen molar-refractivity contribution in [1.29, 1.82) is 0 Å². The van der Waals surface area contributed by atoms with Gasteiger partial charge in [-0.05, 0) is 54.3 Å². The number of aromatic nitrogens is 4.